The standard InChI is InChI=1S/C17H18F2N2O4S/c1-11(2)21-26(23,24)14-6-4-13(5-7-14)20-17(22)10-25-16-8-3-12(18)9-15(16)19/h3-9,11,21H,10H2,1-2H3,(H,20,22). The third-order valence-corrected chi connectivity index (χ3v) is 4.77. The monoisotopic (exact) mass is 384 g/mol. The average molecular weight is 384 g/mol. The van der Waals surface area contributed by atoms with E-state index >= 15 is 0 Å². The van der Waals surface area contributed by atoms with Crippen LogP contribution in [0.4, 0.5) is 14.5 Å². The van der Waals surface area contributed by atoms with Gasteiger partial charge in [-0.25, -0.2) is 21.9 Å². The highest BCUT2D eigenvalue weighted by Crippen LogP contribution is 2.18. The topological polar surface area (TPSA) is 84.5 Å². The van der Waals surface area contributed by atoms with E-state index in [9.17, 15) is 22.0 Å². The molecule has 1 amide bonds. The third kappa shape index (κ3) is 5.50. The second-order valence-corrected chi connectivity index (χ2v) is 7.43. The Bertz CT molecular complexity index is 884. The molecule has 0 fully saturated rings. The molecule has 2 rings (SSSR count). The number of hydrogen-bond acceptors (Lipinski definition) is 4. The zero-order valence-electron chi connectivity index (χ0n) is 14.1. The molecule has 2 N–H and O–H groups in total. The second-order valence-electron chi connectivity index (χ2n) is 5.71. The average Bonchev–Trinajstić information content (AvgIpc) is 2.53. The molecular weight excluding hydrogens is 366 g/mol. The van der Waals surface area contributed by atoms with Crippen LogP contribution in [0.1, 0.15) is 13.8 Å². The molecular formula is C17H18F2N2O4S. The van der Waals surface area contributed by atoms with Crippen molar-refractivity contribution in [1.29, 1.82) is 0 Å². The number of halogens is 2. The summed E-state index contributed by atoms with van der Waals surface area (Å²) >= 11 is 0. The molecule has 0 unspecified atom stereocenters. The Kier molecular flexibility index (Phi) is 6.27. The molecule has 0 aromatic heterocycles. The van der Waals surface area contributed by atoms with Crippen LogP contribution in [0, 0.1) is 11.6 Å². The van der Waals surface area contributed by atoms with Crippen molar-refractivity contribution in [3.05, 3.63) is 54.1 Å². The van der Waals surface area contributed by atoms with E-state index in [1.165, 1.54) is 24.3 Å². The van der Waals surface area contributed by atoms with E-state index in [1.807, 2.05) is 0 Å². The van der Waals surface area contributed by atoms with Gasteiger partial charge in [-0.2, -0.15) is 0 Å². The van der Waals surface area contributed by atoms with Crippen molar-refractivity contribution >= 4 is 21.6 Å². The molecule has 0 atom stereocenters. The number of carbonyl (C=O) groups is 1. The van der Waals surface area contributed by atoms with Crippen LogP contribution in [0.2, 0.25) is 0 Å². The number of ether oxygens (including phenoxy) is 1. The molecule has 0 heterocycles. The summed E-state index contributed by atoms with van der Waals surface area (Å²) in [4.78, 5) is 11.9. The predicted molar refractivity (Wildman–Crippen MR) is 92.4 cm³/mol. The van der Waals surface area contributed by atoms with E-state index in [1.54, 1.807) is 13.8 Å². The van der Waals surface area contributed by atoms with E-state index in [4.69, 9.17) is 4.74 Å². The van der Waals surface area contributed by atoms with Crippen molar-refractivity contribution in [2.75, 3.05) is 11.9 Å². The van der Waals surface area contributed by atoms with E-state index in [2.05, 4.69) is 10.0 Å². The fraction of sp³-hybridized carbons (Fsp3) is 0.235. The van der Waals surface area contributed by atoms with Crippen LogP contribution >= 0.6 is 0 Å². The van der Waals surface area contributed by atoms with Crippen molar-refractivity contribution in [3.63, 3.8) is 0 Å². The summed E-state index contributed by atoms with van der Waals surface area (Å²) in [6.07, 6.45) is 0. The fourth-order valence-electron chi connectivity index (χ4n) is 2.03. The van der Waals surface area contributed by atoms with Gasteiger partial charge in [0.05, 0.1) is 4.90 Å². The molecule has 2 aromatic rings. The lowest BCUT2D eigenvalue weighted by molar-refractivity contribution is -0.118. The molecule has 0 bridgehead atoms. The Morgan fingerprint density at radius 3 is 2.35 bits per heavy atom. The summed E-state index contributed by atoms with van der Waals surface area (Å²) in [5.74, 6) is -2.49. The van der Waals surface area contributed by atoms with Crippen LogP contribution < -0.4 is 14.8 Å². The zero-order valence-corrected chi connectivity index (χ0v) is 14.9. The number of amides is 1. The van der Waals surface area contributed by atoms with Crippen LogP contribution in [-0.4, -0.2) is 27.0 Å². The van der Waals surface area contributed by atoms with Gasteiger partial charge in [0, 0.05) is 17.8 Å². The van der Waals surface area contributed by atoms with Crippen LogP contribution in [0.15, 0.2) is 47.4 Å². The Labute approximate surface area is 150 Å². The highest BCUT2D eigenvalue weighted by atomic mass is 32.2. The maximum absolute atomic E-state index is 13.4. The molecule has 140 valence electrons. The largest absolute Gasteiger partial charge is 0.481 e. The highest BCUT2D eigenvalue weighted by molar-refractivity contribution is 7.89. The normalized spacial score (nSPS) is 11.4. The van der Waals surface area contributed by atoms with Gasteiger partial charge < -0.3 is 10.1 Å². The number of rotatable bonds is 7. The van der Waals surface area contributed by atoms with Gasteiger partial charge in [-0.05, 0) is 50.2 Å². The third-order valence-electron chi connectivity index (χ3n) is 3.09. The van der Waals surface area contributed by atoms with Gasteiger partial charge in [0.25, 0.3) is 5.91 Å². The van der Waals surface area contributed by atoms with Crippen molar-refractivity contribution in [3.8, 4) is 5.75 Å². The van der Waals surface area contributed by atoms with Gasteiger partial charge in [0.2, 0.25) is 10.0 Å². The molecule has 0 aliphatic heterocycles. The Hall–Kier alpha value is -2.52. The molecule has 0 aliphatic carbocycles. The summed E-state index contributed by atoms with van der Waals surface area (Å²) in [7, 11) is -3.62. The van der Waals surface area contributed by atoms with Crippen LogP contribution in [-0.2, 0) is 14.8 Å². The van der Waals surface area contributed by atoms with Gasteiger partial charge in [-0.15, -0.1) is 0 Å². The van der Waals surface area contributed by atoms with Crippen molar-refractivity contribution in [2.24, 2.45) is 0 Å². The Morgan fingerprint density at radius 2 is 1.77 bits per heavy atom. The molecule has 9 heteroatoms. The molecule has 26 heavy (non-hydrogen) atoms. The lowest BCUT2D eigenvalue weighted by atomic mass is 10.3. The van der Waals surface area contributed by atoms with Gasteiger partial charge in [0.15, 0.2) is 18.2 Å². The number of benzene rings is 2. The quantitative estimate of drug-likeness (QED) is 0.769. The lowest BCUT2D eigenvalue weighted by Gasteiger charge is -2.11. The minimum absolute atomic E-state index is 0.0637. The van der Waals surface area contributed by atoms with E-state index in [0.29, 0.717) is 11.8 Å². The lowest BCUT2D eigenvalue weighted by Crippen LogP contribution is -2.30. The van der Waals surface area contributed by atoms with Gasteiger partial charge in [-0.3, -0.25) is 4.79 Å². The Balaban J connectivity index is 1.95. The fourth-order valence-corrected chi connectivity index (χ4v) is 3.28. The minimum atomic E-state index is -3.62. The minimum Gasteiger partial charge on any atom is -0.481 e. The molecule has 6 nitrogen and oxygen atoms in total. The summed E-state index contributed by atoms with van der Waals surface area (Å²) in [5.41, 5.74) is 0.349. The number of sulfonamides is 1. The molecule has 0 saturated carbocycles. The summed E-state index contributed by atoms with van der Waals surface area (Å²) in [6, 6.07) is 8.04. The molecule has 0 radical (unpaired) electrons. The molecule has 0 saturated heterocycles. The van der Waals surface area contributed by atoms with Crippen LogP contribution in [0.25, 0.3) is 0 Å². The second kappa shape index (κ2) is 8.24. The van der Waals surface area contributed by atoms with Gasteiger partial charge >= 0.3 is 0 Å². The predicted octanol–water partition coefficient (Wildman–Crippen LogP) is 2.67. The van der Waals surface area contributed by atoms with Crippen molar-refractivity contribution < 1.29 is 26.7 Å². The first-order valence-electron chi connectivity index (χ1n) is 7.67. The van der Waals surface area contributed by atoms with E-state index < -0.39 is 34.2 Å². The Morgan fingerprint density at radius 1 is 1.12 bits per heavy atom. The number of carbonyl (C=O) groups excluding carboxylic acids is 1. The molecule has 2 aromatic carbocycles. The number of anilines is 1. The first-order valence-corrected chi connectivity index (χ1v) is 9.16. The van der Waals surface area contributed by atoms with Gasteiger partial charge in [-0.1, -0.05) is 0 Å². The first-order chi connectivity index (χ1) is 12.2. The van der Waals surface area contributed by atoms with Crippen molar-refractivity contribution in [1.82, 2.24) is 4.72 Å². The van der Waals surface area contributed by atoms with E-state index in [-0.39, 0.29) is 16.7 Å². The maximum Gasteiger partial charge on any atom is 0.262 e. The number of nitrogens with one attached hydrogen (secondary N) is 2. The van der Waals surface area contributed by atoms with E-state index in [0.717, 1.165) is 12.1 Å². The number of hydrogen-bond donors (Lipinski definition) is 2. The van der Waals surface area contributed by atoms with Crippen LogP contribution in [0.5, 0.6) is 5.75 Å². The van der Waals surface area contributed by atoms with Gasteiger partial charge in [0.1, 0.15) is 5.82 Å². The molecule has 0 spiro atoms. The SMILES string of the molecule is CC(C)NS(=O)(=O)c1ccc(NC(=O)COc2ccc(F)cc2F)cc1. The van der Waals surface area contributed by atoms with Crippen LogP contribution in [0.3, 0.4) is 0 Å². The highest BCUT2D eigenvalue weighted by Gasteiger charge is 2.15. The smallest absolute Gasteiger partial charge is 0.262 e. The zero-order chi connectivity index (χ0) is 19.3. The summed E-state index contributed by atoms with van der Waals surface area (Å²) < 4.78 is 57.7. The van der Waals surface area contributed by atoms with Crippen molar-refractivity contribution in [2.45, 2.75) is 24.8 Å². The first kappa shape index (κ1) is 19.8. The summed E-state index contributed by atoms with van der Waals surface area (Å²) in [5, 5.41) is 2.49. The maximum atomic E-state index is 13.4. The summed E-state index contributed by atoms with van der Waals surface area (Å²) in [6.45, 7) is 2.92. The molecule has 0 aliphatic rings.